The van der Waals surface area contributed by atoms with E-state index in [9.17, 15) is 4.79 Å². The fourth-order valence-electron chi connectivity index (χ4n) is 1.42. The van der Waals surface area contributed by atoms with Gasteiger partial charge in [0, 0.05) is 13.3 Å². The van der Waals surface area contributed by atoms with Gasteiger partial charge in [-0.3, -0.25) is 4.79 Å². The fraction of sp³-hybridized carbons (Fsp3) is 0.455. The van der Waals surface area contributed by atoms with Crippen LogP contribution in [0.3, 0.4) is 0 Å². The molecule has 82 valence electrons. The number of hydrogen-bond donors (Lipinski definition) is 1. The normalized spacial score (nSPS) is 12.4. The Balaban J connectivity index is 2.88. The number of ketones is 1. The highest BCUT2D eigenvalue weighted by Crippen LogP contribution is 2.14. The van der Waals surface area contributed by atoms with E-state index in [0.717, 1.165) is 6.42 Å². The first-order valence-electron chi connectivity index (χ1n) is 4.98. The first-order chi connectivity index (χ1) is 7.20. The van der Waals surface area contributed by atoms with E-state index in [1.165, 1.54) is 7.11 Å². The standard InChI is InChI=1S/C11H16N2O2/c1-3-5-9(15-2)10(14)8-6-4-7-13-11(8)12/h4,6-7,9H,3,5H2,1-2H3,(H2,12,13). The molecule has 0 radical (unpaired) electrons. The summed E-state index contributed by atoms with van der Waals surface area (Å²) in [5, 5.41) is 0. The van der Waals surface area contributed by atoms with E-state index in [2.05, 4.69) is 4.98 Å². The monoisotopic (exact) mass is 208 g/mol. The van der Waals surface area contributed by atoms with Gasteiger partial charge in [-0.25, -0.2) is 4.98 Å². The maximum atomic E-state index is 11.9. The van der Waals surface area contributed by atoms with Gasteiger partial charge in [0.15, 0.2) is 5.78 Å². The zero-order chi connectivity index (χ0) is 11.3. The van der Waals surface area contributed by atoms with Gasteiger partial charge in [0.1, 0.15) is 11.9 Å². The summed E-state index contributed by atoms with van der Waals surface area (Å²) < 4.78 is 5.13. The zero-order valence-corrected chi connectivity index (χ0v) is 9.06. The molecule has 15 heavy (non-hydrogen) atoms. The van der Waals surface area contributed by atoms with Crippen molar-refractivity contribution in [3.05, 3.63) is 23.9 Å². The largest absolute Gasteiger partial charge is 0.383 e. The molecule has 2 N–H and O–H groups in total. The Labute approximate surface area is 89.5 Å². The quantitative estimate of drug-likeness (QED) is 0.747. The molecule has 0 spiro atoms. The fourth-order valence-corrected chi connectivity index (χ4v) is 1.42. The molecule has 0 aliphatic heterocycles. The first kappa shape index (κ1) is 11.7. The van der Waals surface area contributed by atoms with Crippen LogP contribution in [-0.2, 0) is 4.74 Å². The number of aromatic nitrogens is 1. The van der Waals surface area contributed by atoms with Crippen molar-refractivity contribution >= 4 is 11.6 Å². The number of hydrogen-bond acceptors (Lipinski definition) is 4. The number of ether oxygens (including phenoxy) is 1. The van der Waals surface area contributed by atoms with Crippen LogP contribution in [-0.4, -0.2) is 24.0 Å². The predicted octanol–water partition coefficient (Wildman–Crippen LogP) is 1.66. The van der Waals surface area contributed by atoms with Crippen molar-refractivity contribution in [2.24, 2.45) is 0 Å². The molecule has 1 aromatic heterocycles. The molecular formula is C11H16N2O2. The second-order valence-electron chi connectivity index (χ2n) is 3.31. The molecular weight excluding hydrogens is 192 g/mol. The van der Waals surface area contributed by atoms with Crippen molar-refractivity contribution in [1.29, 1.82) is 0 Å². The lowest BCUT2D eigenvalue weighted by Gasteiger charge is -2.13. The lowest BCUT2D eigenvalue weighted by atomic mass is 10.0. The Hall–Kier alpha value is -1.42. The van der Waals surface area contributed by atoms with E-state index in [0.29, 0.717) is 12.0 Å². The molecule has 0 amide bonds. The molecule has 1 rings (SSSR count). The summed E-state index contributed by atoms with van der Waals surface area (Å²) in [5.74, 6) is 0.172. The van der Waals surface area contributed by atoms with E-state index < -0.39 is 6.10 Å². The number of nitrogens with two attached hydrogens (primary N) is 1. The number of anilines is 1. The summed E-state index contributed by atoms with van der Waals surface area (Å²) in [7, 11) is 1.53. The van der Waals surface area contributed by atoms with E-state index in [-0.39, 0.29) is 11.6 Å². The number of rotatable bonds is 5. The highest BCUT2D eigenvalue weighted by atomic mass is 16.5. The highest BCUT2D eigenvalue weighted by molar-refractivity contribution is 6.02. The van der Waals surface area contributed by atoms with Gasteiger partial charge in [-0.05, 0) is 18.6 Å². The molecule has 0 aromatic carbocycles. The van der Waals surface area contributed by atoms with Gasteiger partial charge >= 0.3 is 0 Å². The number of Topliss-reactive ketones (excluding diaryl/α,β-unsaturated/α-hetero) is 1. The Morgan fingerprint density at radius 2 is 2.40 bits per heavy atom. The first-order valence-corrected chi connectivity index (χ1v) is 4.98. The molecule has 1 aromatic rings. The Morgan fingerprint density at radius 3 is 2.93 bits per heavy atom. The minimum absolute atomic E-state index is 0.0926. The third-order valence-electron chi connectivity index (χ3n) is 2.23. The van der Waals surface area contributed by atoms with E-state index in [4.69, 9.17) is 10.5 Å². The molecule has 0 aliphatic rings. The van der Waals surface area contributed by atoms with E-state index in [1.54, 1.807) is 18.3 Å². The number of nitrogen functional groups attached to an aromatic ring is 1. The van der Waals surface area contributed by atoms with Crippen molar-refractivity contribution in [1.82, 2.24) is 4.98 Å². The van der Waals surface area contributed by atoms with Gasteiger partial charge in [-0.2, -0.15) is 0 Å². The van der Waals surface area contributed by atoms with Crippen molar-refractivity contribution in [2.45, 2.75) is 25.9 Å². The molecule has 4 nitrogen and oxygen atoms in total. The van der Waals surface area contributed by atoms with Crippen molar-refractivity contribution < 1.29 is 9.53 Å². The molecule has 4 heteroatoms. The van der Waals surface area contributed by atoms with Crippen LogP contribution in [0, 0.1) is 0 Å². The Morgan fingerprint density at radius 1 is 1.67 bits per heavy atom. The molecule has 0 saturated heterocycles. The smallest absolute Gasteiger partial charge is 0.195 e. The number of methoxy groups -OCH3 is 1. The average molecular weight is 208 g/mol. The molecule has 0 fully saturated rings. The summed E-state index contributed by atoms with van der Waals surface area (Å²) in [6, 6.07) is 3.37. The van der Waals surface area contributed by atoms with Gasteiger partial charge in [-0.15, -0.1) is 0 Å². The number of carbonyl (C=O) groups excluding carboxylic acids is 1. The van der Waals surface area contributed by atoms with Crippen LogP contribution < -0.4 is 5.73 Å². The summed E-state index contributed by atoms with van der Waals surface area (Å²) in [6.45, 7) is 2.01. The van der Waals surface area contributed by atoms with Crippen LogP contribution in [0.1, 0.15) is 30.1 Å². The summed E-state index contributed by atoms with van der Waals surface area (Å²) in [5.41, 5.74) is 6.07. The molecule has 1 heterocycles. The Kier molecular flexibility index (Phi) is 4.24. The predicted molar refractivity (Wildman–Crippen MR) is 58.7 cm³/mol. The highest BCUT2D eigenvalue weighted by Gasteiger charge is 2.20. The minimum atomic E-state index is -0.415. The van der Waals surface area contributed by atoms with Crippen LogP contribution >= 0.6 is 0 Å². The van der Waals surface area contributed by atoms with Crippen molar-refractivity contribution in [3.63, 3.8) is 0 Å². The van der Waals surface area contributed by atoms with Crippen LogP contribution in [0.4, 0.5) is 5.82 Å². The van der Waals surface area contributed by atoms with Gasteiger partial charge in [0.05, 0.1) is 5.56 Å². The lowest BCUT2D eigenvalue weighted by Crippen LogP contribution is -2.24. The Bertz CT molecular complexity index is 339. The molecule has 0 bridgehead atoms. The van der Waals surface area contributed by atoms with E-state index >= 15 is 0 Å². The molecule has 1 unspecified atom stereocenters. The second-order valence-corrected chi connectivity index (χ2v) is 3.31. The van der Waals surface area contributed by atoms with Gasteiger partial charge in [0.2, 0.25) is 0 Å². The van der Waals surface area contributed by atoms with Crippen LogP contribution in [0.2, 0.25) is 0 Å². The zero-order valence-electron chi connectivity index (χ0n) is 9.06. The van der Waals surface area contributed by atoms with Crippen molar-refractivity contribution in [2.75, 3.05) is 12.8 Å². The van der Waals surface area contributed by atoms with Crippen molar-refractivity contribution in [3.8, 4) is 0 Å². The van der Waals surface area contributed by atoms with Crippen LogP contribution in [0.25, 0.3) is 0 Å². The number of carbonyl (C=O) groups is 1. The van der Waals surface area contributed by atoms with Crippen LogP contribution in [0.5, 0.6) is 0 Å². The van der Waals surface area contributed by atoms with Gasteiger partial charge in [-0.1, -0.05) is 13.3 Å². The minimum Gasteiger partial charge on any atom is -0.383 e. The SMILES string of the molecule is CCCC(OC)C(=O)c1cccnc1N. The summed E-state index contributed by atoms with van der Waals surface area (Å²) in [6.07, 6.45) is 2.74. The third kappa shape index (κ3) is 2.76. The molecule has 1 atom stereocenters. The maximum absolute atomic E-state index is 11.9. The van der Waals surface area contributed by atoms with Crippen LogP contribution in [0.15, 0.2) is 18.3 Å². The number of nitrogens with zero attached hydrogens (tertiary/aromatic N) is 1. The molecule has 0 saturated carbocycles. The topological polar surface area (TPSA) is 65.2 Å². The molecule has 0 aliphatic carbocycles. The lowest BCUT2D eigenvalue weighted by molar-refractivity contribution is 0.0579. The maximum Gasteiger partial charge on any atom is 0.195 e. The average Bonchev–Trinajstić information content (AvgIpc) is 2.25. The third-order valence-corrected chi connectivity index (χ3v) is 2.23. The number of pyridine rings is 1. The summed E-state index contributed by atoms with van der Waals surface area (Å²) in [4.78, 5) is 15.8. The van der Waals surface area contributed by atoms with Gasteiger partial charge < -0.3 is 10.5 Å². The van der Waals surface area contributed by atoms with Gasteiger partial charge in [0.25, 0.3) is 0 Å². The summed E-state index contributed by atoms with van der Waals surface area (Å²) >= 11 is 0. The van der Waals surface area contributed by atoms with E-state index in [1.807, 2.05) is 6.92 Å². The second kappa shape index (κ2) is 5.46.